The number of aliphatic carboxylic acids is 1. The summed E-state index contributed by atoms with van der Waals surface area (Å²) in [5.74, 6) is -0.816. The molecule has 1 N–H and O–H groups in total. The summed E-state index contributed by atoms with van der Waals surface area (Å²) in [6, 6.07) is 0. The predicted molar refractivity (Wildman–Crippen MR) is 68.4 cm³/mol. The summed E-state index contributed by atoms with van der Waals surface area (Å²) in [5, 5.41) is 9.25. The lowest BCUT2D eigenvalue weighted by molar-refractivity contribution is -0.132. The van der Waals surface area contributed by atoms with Crippen LogP contribution in [-0.2, 0) is 4.79 Å². The molecule has 0 aliphatic heterocycles. The van der Waals surface area contributed by atoms with Crippen LogP contribution in [0.25, 0.3) is 0 Å². The highest BCUT2D eigenvalue weighted by atomic mass is 16.4. The number of hydrogen-bond donors (Lipinski definition) is 1. The molecule has 0 saturated heterocycles. The largest absolute Gasteiger partial charge is 0.478 e. The van der Waals surface area contributed by atoms with Crippen molar-refractivity contribution in [1.82, 2.24) is 0 Å². The maximum atomic E-state index is 11.3. The van der Waals surface area contributed by atoms with Crippen molar-refractivity contribution in [2.24, 2.45) is 0 Å². The molecule has 0 atom stereocenters. The molecule has 0 heterocycles. The van der Waals surface area contributed by atoms with Crippen LogP contribution in [0.4, 0.5) is 0 Å². The molecule has 90 valence electrons. The summed E-state index contributed by atoms with van der Waals surface area (Å²) in [6.07, 6.45) is 8.26. The Bertz CT molecular complexity index is 320. The van der Waals surface area contributed by atoms with Crippen molar-refractivity contribution in [3.63, 3.8) is 0 Å². The minimum absolute atomic E-state index is 0.488. The molecule has 0 fully saturated rings. The predicted octanol–water partition coefficient (Wildman–Crippen LogP) is 4.10. The van der Waals surface area contributed by atoms with Crippen LogP contribution in [0.15, 0.2) is 34.9 Å². The molecule has 0 aromatic carbocycles. The average Bonchev–Trinajstić information content (AvgIpc) is 2.25. The second-order valence-electron chi connectivity index (χ2n) is 3.78. The Labute approximate surface area is 98.4 Å². The molecule has 0 rings (SSSR count). The highest BCUT2D eigenvalue weighted by Crippen LogP contribution is 2.22. The third-order valence-electron chi connectivity index (χ3n) is 2.50. The third-order valence-corrected chi connectivity index (χ3v) is 2.50. The topological polar surface area (TPSA) is 37.3 Å². The van der Waals surface area contributed by atoms with Crippen LogP contribution in [0.5, 0.6) is 0 Å². The third kappa shape index (κ3) is 4.47. The minimum Gasteiger partial charge on any atom is -0.478 e. The van der Waals surface area contributed by atoms with Crippen molar-refractivity contribution in [3.8, 4) is 0 Å². The molecule has 0 aliphatic carbocycles. The van der Waals surface area contributed by atoms with Gasteiger partial charge >= 0.3 is 5.97 Å². The highest BCUT2D eigenvalue weighted by molar-refractivity contribution is 5.92. The number of carbonyl (C=O) groups is 1. The van der Waals surface area contributed by atoms with Gasteiger partial charge in [-0.15, -0.1) is 0 Å². The van der Waals surface area contributed by atoms with Gasteiger partial charge in [-0.05, 0) is 32.3 Å². The fourth-order valence-electron chi connectivity index (χ4n) is 1.54. The first-order chi connectivity index (χ1) is 7.58. The van der Waals surface area contributed by atoms with E-state index >= 15 is 0 Å². The van der Waals surface area contributed by atoms with E-state index in [0.717, 1.165) is 30.4 Å². The van der Waals surface area contributed by atoms with E-state index in [4.69, 9.17) is 0 Å². The molecule has 0 saturated carbocycles. The van der Waals surface area contributed by atoms with Crippen molar-refractivity contribution in [2.75, 3.05) is 0 Å². The second kappa shape index (κ2) is 7.91. The number of carboxylic acids is 1. The average molecular weight is 222 g/mol. The van der Waals surface area contributed by atoms with Crippen molar-refractivity contribution in [3.05, 3.63) is 34.9 Å². The summed E-state index contributed by atoms with van der Waals surface area (Å²) < 4.78 is 0. The van der Waals surface area contributed by atoms with Gasteiger partial charge in [0, 0.05) is 0 Å². The molecular formula is C14H22O2. The molecular weight excluding hydrogens is 200 g/mol. The monoisotopic (exact) mass is 222 g/mol. The summed E-state index contributed by atoms with van der Waals surface area (Å²) in [6.45, 7) is 7.86. The molecule has 2 heteroatoms. The van der Waals surface area contributed by atoms with Gasteiger partial charge in [0.1, 0.15) is 0 Å². The van der Waals surface area contributed by atoms with Crippen LogP contribution in [-0.4, -0.2) is 11.1 Å². The number of hydrogen-bond acceptors (Lipinski definition) is 1. The molecule has 0 spiro atoms. The second-order valence-corrected chi connectivity index (χ2v) is 3.78. The van der Waals surface area contributed by atoms with Crippen molar-refractivity contribution in [2.45, 2.75) is 47.0 Å². The Morgan fingerprint density at radius 1 is 1.31 bits per heavy atom. The van der Waals surface area contributed by atoms with Crippen LogP contribution < -0.4 is 0 Å². The number of rotatable bonds is 6. The molecule has 0 radical (unpaired) electrons. The van der Waals surface area contributed by atoms with Crippen LogP contribution in [0.1, 0.15) is 47.0 Å². The van der Waals surface area contributed by atoms with Crippen LogP contribution in [0.3, 0.4) is 0 Å². The SMILES string of the molecule is C\C=C/C=C(CCC)\C(C(=O)O)=C(\C)CC. The summed E-state index contributed by atoms with van der Waals surface area (Å²) >= 11 is 0. The van der Waals surface area contributed by atoms with Gasteiger partial charge in [-0.2, -0.15) is 0 Å². The first-order valence-electron chi connectivity index (χ1n) is 5.83. The summed E-state index contributed by atoms with van der Waals surface area (Å²) in [5.41, 5.74) is 2.35. The fraction of sp³-hybridized carbons (Fsp3) is 0.500. The number of carboxylic acid groups (broad SMARTS) is 1. The molecule has 2 nitrogen and oxygen atoms in total. The summed E-state index contributed by atoms with van der Waals surface area (Å²) in [7, 11) is 0. The lowest BCUT2D eigenvalue weighted by Crippen LogP contribution is -2.06. The smallest absolute Gasteiger partial charge is 0.335 e. The molecule has 0 aromatic heterocycles. The van der Waals surface area contributed by atoms with E-state index in [1.54, 1.807) is 0 Å². The van der Waals surface area contributed by atoms with E-state index < -0.39 is 5.97 Å². The van der Waals surface area contributed by atoms with E-state index in [2.05, 4.69) is 6.92 Å². The normalized spacial score (nSPS) is 14.1. The molecule has 0 amide bonds. The zero-order valence-electron chi connectivity index (χ0n) is 10.7. The highest BCUT2D eigenvalue weighted by Gasteiger charge is 2.14. The van der Waals surface area contributed by atoms with E-state index in [1.807, 2.05) is 39.0 Å². The molecule has 0 bridgehead atoms. The fourth-order valence-corrected chi connectivity index (χ4v) is 1.54. The number of allylic oxidation sites excluding steroid dienone is 4. The standard InChI is InChI=1S/C14H22O2/c1-5-8-10-12(9-6-2)13(14(15)16)11(4)7-3/h5,8,10H,6-7,9H2,1-4H3,(H,15,16)/b8-5-,12-10-,13-11+. The van der Waals surface area contributed by atoms with E-state index in [-0.39, 0.29) is 0 Å². The molecule has 16 heavy (non-hydrogen) atoms. The van der Waals surface area contributed by atoms with Crippen molar-refractivity contribution < 1.29 is 9.90 Å². The molecule has 0 unspecified atom stereocenters. The Balaban J connectivity index is 5.36. The van der Waals surface area contributed by atoms with Crippen LogP contribution in [0.2, 0.25) is 0 Å². The first kappa shape index (κ1) is 14.7. The zero-order chi connectivity index (χ0) is 12.6. The van der Waals surface area contributed by atoms with Crippen LogP contribution >= 0.6 is 0 Å². The van der Waals surface area contributed by atoms with E-state index in [1.165, 1.54) is 0 Å². The molecule has 0 aliphatic rings. The molecule has 0 aromatic rings. The Hall–Kier alpha value is -1.31. The first-order valence-corrected chi connectivity index (χ1v) is 5.83. The maximum absolute atomic E-state index is 11.3. The van der Waals surface area contributed by atoms with Crippen molar-refractivity contribution >= 4 is 5.97 Å². The van der Waals surface area contributed by atoms with Gasteiger partial charge in [0.05, 0.1) is 5.57 Å². The Kier molecular flexibility index (Phi) is 7.27. The van der Waals surface area contributed by atoms with Crippen molar-refractivity contribution in [1.29, 1.82) is 0 Å². The van der Waals surface area contributed by atoms with Gasteiger partial charge < -0.3 is 5.11 Å². The lowest BCUT2D eigenvalue weighted by Gasteiger charge is -2.10. The van der Waals surface area contributed by atoms with Gasteiger partial charge in [-0.1, -0.05) is 44.1 Å². The van der Waals surface area contributed by atoms with Gasteiger partial charge in [0.25, 0.3) is 0 Å². The zero-order valence-corrected chi connectivity index (χ0v) is 10.7. The maximum Gasteiger partial charge on any atom is 0.335 e. The van der Waals surface area contributed by atoms with Gasteiger partial charge in [-0.3, -0.25) is 0 Å². The summed E-state index contributed by atoms with van der Waals surface area (Å²) in [4.78, 5) is 11.3. The Morgan fingerprint density at radius 3 is 2.31 bits per heavy atom. The lowest BCUT2D eigenvalue weighted by atomic mass is 9.95. The van der Waals surface area contributed by atoms with E-state index in [9.17, 15) is 9.90 Å². The van der Waals surface area contributed by atoms with Crippen LogP contribution in [0, 0.1) is 0 Å². The quantitative estimate of drug-likeness (QED) is 0.542. The van der Waals surface area contributed by atoms with Gasteiger partial charge in [0.2, 0.25) is 0 Å². The van der Waals surface area contributed by atoms with Gasteiger partial charge in [-0.25, -0.2) is 4.79 Å². The minimum atomic E-state index is -0.816. The van der Waals surface area contributed by atoms with E-state index in [0.29, 0.717) is 5.57 Å². The Morgan fingerprint density at radius 2 is 1.94 bits per heavy atom. The van der Waals surface area contributed by atoms with Gasteiger partial charge in [0.15, 0.2) is 0 Å².